The van der Waals surface area contributed by atoms with Gasteiger partial charge < -0.3 is 5.21 Å². The van der Waals surface area contributed by atoms with Gasteiger partial charge in [0.25, 0.3) is 0 Å². The third-order valence-electron chi connectivity index (χ3n) is 0.759. The predicted octanol–water partition coefficient (Wildman–Crippen LogP) is 0.285. The van der Waals surface area contributed by atoms with E-state index in [0.717, 1.165) is 0 Å². The molecule has 1 aromatic heterocycles. The molecule has 1 N–H and O–H groups in total. The van der Waals surface area contributed by atoms with E-state index in [0.29, 0.717) is 5.82 Å². The van der Waals surface area contributed by atoms with E-state index in [2.05, 4.69) is 15.1 Å². The number of aromatic nitrogens is 2. The topological polar surface area (TPSA) is 58.4 Å². The summed E-state index contributed by atoms with van der Waals surface area (Å²) in [6.45, 7) is 0. The van der Waals surface area contributed by atoms with Crippen molar-refractivity contribution in [2.45, 2.75) is 0 Å². The Balaban J connectivity index is 2.85. The molecule has 0 saturated carbocycles. The summed E-state index contributed by atoms with van der Waals surface area (Å²) in [5, 5.41) is 10.8. The monoisotopic (exact) mass is 123 g/mol. The van der Waals surface area contributed by atoms with Crippen LogP contribution in [0.4, 0.5) is 0 Å². The van der Waals surface area contributed by atoms with E-state index in [1.54, 1.807) is 18.5 Å². The second-order valence-electron chi connectivity index (χ2n) is 1.35. The first-order chi connectivity index (χ1) is 4.43. The molecular formula is C5H5N3O. The number of oxime groups is 1. The maximum Gasteiger partial charge on any atom is 0.173 e. The second kappa shape index (κ2) is 2.76. The number of hydrogen-bond donors (Lipinski definition) is 1. The third-order valence-corrected chi connectivity index (χ3v) is 0.759. The average molecular weight is 123 g/mol. The first kappa shape index (κ1) is 5.68. The van der Waals surface area contributed by atoms with E-state index in [1.165, 1.54) is 6.21 Å². The molecule has 4 nitrogen and oxygen atoms in total. The van der Waals surface area contributed by atoms with Gasteiger partial charge in [0.15, 0.2) is 5.82 Å². The van der Waals surface area contributed by atoms with Crippen LogP contribution in [0.2, 0.25) is 0 Å². The van der Waals surface area contributed by atoms with Crippen LogP contribution in [-0.4, -0.2) is 21.4 Å². The average Bonchev–Trinajstić information content (AvgIpc) is 1.91. The first-order valence-corrected chi connectivity index (χ1v) is 2.38. The summed E-state index contributed by atoms with van der Waals surface area (Å²) in [6.07, 6.45) is 4.31. The Labute approximate surface area is 51.9 Å². The van der Waals surface area contributed by atoms with Crippen LogP contribution in [-0.2, 0) is 0 Å². The minimum Gasteiger partial charge on any atom is -0.411 e. The summed E-state index contributed by atoms with van der Waals surface area (Å²) in [5.41, 5.74) is 0. The first-order valence-electron chi connectivity index (χ1n) is 2.38. The van der Waals surface area contributed by atoms with E-state index in [1.807, 2.05) is 0 Å². The van der Waals surface area contributed by atoms with Crippen LogP contribution >= 0.6 is 0 Å². The van der Waals surface area contributed by atoms with Gasteiger partial charge in [-0.05, 0) is 6.07 Å². The Hall–Kier alpha value is -1.45. The molecule has 0 aliphatic rings. The van der Waals surface area contributed by atoms with Crippen molar-refractivity contribution < 1.29 is 5.21 Å². The lowest BCUT2D eigenvalue weighted by Crippen LogP contribution is -1.89. The molecule has 0 spiro atoms. The predicted molar refractivity (Wildman–Crippen MR) is 31.4 cm³/mol. The lowest BCUT2D eigenvalue weighted by Gasteiger charge is -1.83. The fourth-order valence-electron chi connectivity index (χ4n) is 0.429. The van der Waals surface area contributed by atoms with Gasteiger partial charge in [-0.15, -0.1) is 0 Å². The summed E-state index contributed by atoms with van der Waals surface area (Å²) in [4.78, 5) is 7.50. The SMILES string of the molecule is O/N=C\c1ncccn1. The van der Waals surface area contributed by atoms with Gasteiger partial charge in [0, 0.05) is 12.4 Å². The van der Waals surface area contributed by atoms with Crippen LogP contribution in [0.1, 0.15) is 5.82 Å². The van der Waals surface area contributed by atoms with Crippen molar-refractivity contribution in [2.75, 3.05) is 0 Å². The number of nitrogens with zero attached hydrogens (tertiary/aromatic N) is 3. The quantitative estimate of drug-likeness (QED) is 0.331. The van der Waals surface area contributed by atoms with Crippen LogP contribution < -0.4 is 0 Å². The molecule has 0 aliphatic heterocycles. The molecule has 0 aromatic carbocycles. The summed E-state index contributed by atoms with van der Waals surface area (Å²) >= 11 is 0. The molecule has 4 heteroatoms. The van der Waals surface area contributed by atoms with Crippen LogP contribution in [0.3, 0.4) is 0 Å². The third kappa shape index (κ3) is 1.49. The maximum atomic E-state index is 8.01. The van der Waals surface area contributed by atoms with Gasteiger partial charge in [-0.3, -0.25) is 0 Å². The van der Waals surface area contributed by atoms with E-state index >= 15 is 0 Å². The largest absolute Gasteiger partial charge is 0.411 e. The number of rotatable bonds is 1. The molecule has 9 heavy (non-hydrogen) atoms. The Morgan fingerprint density at radius 2 is 2.11 bits per heavy atom. The summed E-state index contributed by atoms with van der Waals surface area (Å²) in [6, 6.07) is 1.69. The fraction of sp³-hybridized carbons (Fsp3) is 0. The minimum absolute atomic E-state index is 0.403. The Morgan fingerprint density at radius 1 is 1.44 bits per heavy atom. The minimum atomic E-state index is 0.403. The van der Waals surface area contributed by atoms with Crippen LogP contribution in [0.25, 0.3) is 0 Å². The molecule has 1 heterocycles. The molecule has 46 valence electrons. The lowest BCUT2D eigenvalue weighted by atomic mass is 10.6. The zero-order chi connectivity index (χ0) is 6.53. The standard InChI is InChI=1S/C5H5N3O/c9-8-4-5-6-2-1-3-7-5/h1-4,9H/b8-4-. The van der Waals surface area contributed by atoms with Gasteiger partial charge in [0.1, 0.15) is 6.21 Å². The van der Waals surface area contributed by atoms with Crippen molar-refractivity contribution in [3.63, 3.8) is 0 Å². The van der Waals surface area contributed by atoms with Crippen molar-refractivity contribution in [1.82, 2.24) is 9.97 Å². The Morgan fingerprint density at radius 3 is 2.67 bits per heavy atom. The lowest BCUT2D eigenvalue weighted by molar-refractivity contribution is 0.321. The molecule has 0 saturated heterocycles. The van der Waals surface area contributed by atoms with Crippen molar-refractivity contribution in [2.24, 2.45) is 5.16 Å². The Bertz CT molecular complexity index is 197. The normalized spacial score (nSPS) is 10.2. The molecular weight excluding hydrogens is 118 g/mol. The highest BCUT2D eigenvalue weighted by atomic mass is 16.4. The molecule has 1 rings (SSSR count). The van der Waals surface area contributed by atoms with E-state index in [4.69, 9.17) is 5.21 Å². The van der Waals surface area contributed by atoms with Crippen LogP contribution in [0, 0.1) is 0 Å². The summed E-state index contributed by atoms with van der Waals surface area (Å²) in [7, 11) is 0. The summed E-state index contributed by atoms with van der Waals surface area (Å²) in [5.74, 6) is 0.403. The van der Waals surface area contributed by atoms with E-state index in [-0.39, 0.29) is 0 Å². The zero-order valence-corrected chi connectivity index (χ0v) is 4.60. The Kier molecular flexibility index (Phi) is 1.74. The molecule has 0 amide bonds. The summed E-state index contributed by atoms with van der Waals surface area (Å²) < 4.78 is 0. The van der Waals surface area contributed by atoms with Crippen molar-refractivity contribution >= 4 is 6.21 Å². The van der Waals surface area contributed by atoms with Crippen LogP contribution in [0.15, 0.2) is 23.6 Å². The smallest absolute Gasteiger partial charge is 0.173 e. The van der Waals surface area contributed by atoms with Gasteiger partial charge in [0.2, 0.25) is 0 Å². The molecule has 0 radical (unpaired) electrons. The molecule has 0 aliphatic carbocycles. The van der Waals surface area contributed by atoms with Gasteiger partial charge >= 0.3 is 0 Å². The van der Waals surface area contributed by atoms with E-state index < -0.39 is 0 Å². The highest BCUT2D eigenvalue weighted by Crippen LogP contribution is 1.79. The van der Waals surface area contributed by atoms with E-state index in [9.17, 15) is 0 Å². The second-order valence-corrected chi connectivity index (χ2v) is 1.35. The zero-order valence-electron chi connectivity index (χ0n) is 4.60. The van der Waals surface area contributed by atoms with Gasteiger partial charge in [-0.2, -0.15) is 0 Å². The highest BCUT2D eigenvalue weighted by molar-refractivity contribution is 5.73. The molecule has 0 unspecified atom stereocenters. The van der Waals surface area contributed by atoms with Crippen LogP contribution in [0.5, 0.6) is 0 Å². The van der Waals surface area contributed by atoms with Gasteiger partial charge in [-0.1, -0.05) is 5.16 Å². The molecule has 1 aromatic rings. The molecule has 0 fully saturated rings. The highest BCUT2D eigenvalue weighted by Gasteiger charge is 1.83. The molecule has 0 bridgehead atoms. The fourth-order valence-corrected chi connectivity index (χ4v) is 0.429. The number of hydrogen-bond acceptors (Lipinski definition) is 4. The van der Waals surface area contributed by atoms with Crippen molar-refractivity contribution in [3.8, 4) is 0 Å². The maximum absolute atomic E-state index is 8.01. The molecule has 0 atom stereocenters. The van der Waals surface area contributed by atoms with Crippen molar-refractivity contribution in [1.29, 1.82) is 0 Å². The van der Waals surface area contributed by atoms with Gasteiger partial charge in [-0.25, -0.2) is 9.97 Å². The van der Waals surface area contributed by atoms with Gasteiger partial charge in [0.05, 0.1) is 0 Å². The van der Waals surface area contributed by atoms with Crippen molar-refractivity contribution in [3.05, 3.63) is 24.3 Å².